The predicted octanol–water partition coefficient (Wildman–Crippen LogP) is 2.56. The average Bonchev–Trinajstić information content (AvgIpc) is 2.61. The van der Waals surface area contributed by atoms with Gasteiger partial charge in [0, 0.05) is 19.8 Å². The summed E-state index contributed by atoms with van der Waals surface area (Å²) in [5, 5.41) is 6.09. The zero-order valence-electron chi connectivity index (χ0n) is 15.7. The summed E-state index contributed by atoms with van der Waals surface area (Å²) in [5.41, 5.74) is 0.215. The van der Waals surface area contributed by atoms with Gasteiger partial charge >= 0.3 is 0 Å². The molecule has 2 rings (SSSR count). The van der Waals surface area contributed by atoms with E-state index in [1.54, 1.807) is 12.1 Å². The number of amides is 1. The van der Waals surface area contributed by atoms with Crippen molar-refractivity contribution < 1.29 is 13.2 Å². The van der Waals surface area contributed by atoms with Crippen molar-refractivity contribution in [3.8, 4) is 0 Å². The second kappa shape index (κ2) is 8.60. The summed E-state index contributed by atoms with van der Waals surface area (Å²) in [6, 6.07) is 4.65. The molecule has 1 N–H and O–H groups in total. The Kier molecular flexibility index (Phi) is 6.87. The Balaban J connectivity index is 2.33. The maximum atomic E-state index is 12.6. The Bertz CT molecular complexity index is 1070. The van der Waals surface area contributed by atoms with Crippen LogP contribution in [0, 0.1) is 0 Å². The van der Waals surface area contributed by atoms with E-state index in [1.165, 1.54) is 20.2 Å². The van der Waals surface area contributed by atoms with E-state index in [1.807, 2.05) is 13.8 Å². The van der Waals surface area contributed by atoms with Crippen LogP contribution in [0.1, 0.15) is 25.3 Å². The summed E-state index contributed by atoms with van der Waals surface area (Å²) in [4.78, 5) is 24.4. The molecule has 0 aliphatic carbocycles. The average molecular weight is 447 g/mol. The van der Waals surface area contributed by atoms with Crippen molar-refractivity contribution in [3.05, 3.63) is 50.4 Å². The van der Waals surface area contributed by atoms with Crippen LogP contribution in [0.15, 0.2) is 34.1 Å². The molecular formula is C17H20Cl2N4O4S. The van der Waals surface area contributed by atoms with Crippen molar-refractivity contribution in [2.75, 3.05) is 19.4 Å². The lowest BCUT2D eigenvalue weighted by Crippen LogP contribution is -2.30. The topological polar surface area (TPSA) is 101 Å². The molecule has 0 radical (unpaired) electrons. The van der Waals surface area contributed by atoms with Crippen LogP contribution in [0.5, 0.6) is 0 Å². The lowest BCUT2D eigenvalue weighted by atomic mass is 10.0. The van der Waals surface area contributed by atoms with Gasteiger partial charge in [-0.2, -0.15) is 5.10 Å². The number of aromatic nitrogens is 2. The van der Waals surface area contributed by atoms with Gasteiger partial charge in [-0.25, -0.2) is 17.4 Å². The Labute approximate surface area is 173 Å². The van der Waals surface area contributed by atoms with Crippen molar-refractivity contribution in [3.63, 3.8) is 0 Å². The summed E-state index contributed by atoms with van der Waals surface area (Å²) in [6.07, 6.45) is 1.16. The van der Waals surface area contributed by atoms with Gasteiger partial charge in [-0.05, 0) is 23.6 Å². The molecule has 2 aromatic rings. The molecule has 152 valence electrons. The minimum Gasteiger partial charge on any atom is -0.324 e. The normalized spacial score (nSPS) is 11.9. The molecule has 1 amide bonds. The number of rotatable bonds is 6. The molecule has 0 saturated heterocycles. The fraction of sp³-hybridized carbons (Fsp3) is 0.353. The molecule has 0 saturated carbocycles. The summed E-state index contributed by atoms with van der Waals surface area (Å²) >= 11 is 11.5. The van der Waals surface area contributed by atoms with Crippen molar-refractivity contribution >= 4 is 44.8 Å². The third-order valence-electron chi connectivity index (χ3n) is 3.91. The molecule has 0 aliphatic rings. The number of carbonyl (C=O) groups is 1. The highest BCUT2D eigenvalue weighted by atomic mass is 35.5. The first-order valence-electron chi connectivity index (χ1n) is 8.22. The van der Waals surface area contributed by atoms with Crippen LogP contribution in [-0.2, 0) is 21.4 Å². The monoisotopic (exact) mass is 446 g/mol. The van der Waals surface area contributed by atoms with Crippen LogP contribution in [-0.4, -0.2) is 42.5 Å². The smallest absolute Gasteiger partial charge is 0.287 e. The minimum atomic E-state index is -3.70. The van der Waals surface area contributed by atoms with Gasteiger partial charge in [-0.3, -0.25) is 9.59 Å². The van der Waals surface area contributed by atoms with Crippen molar-refractivity contribution in [2.24, 2.45) is 0 Å². The number of nitrogens with one attached hydrogen (secondary N) is 1. The van der Waals surface area contributed by atoms with E-state index in [0.717, 1.165) is 15.2 Å². The molecule has 1 aromatic carbocycles. The van der Waals surface area contributed by atoms with Crippen LogP contribution < -0.4 is 10.9 Å². The van der Waals surface area contributed by atoms with Crippen molar-refractivity contribution in [2.45, 2.75) is 31.2 Å². The standard InChI is InChI=1S/C17H20Cl2N4O4S/c1-10(2)12-6-5-11(7-14(12)28(26,27)22(3)4)21-15(24)9-23-17(25)16(19)13(18)8-20-23/h5-8,10H,9H2,1-4H3,(H,21,24). The number of benzene rings is 1. The Morgan fingerprint density at radius 3 is 2.50 bits per heavy atom. The van der Waals surface area contributed by atoms with Gasteiger partial charge in [0.25, 0.3) is 5.56 Å². The second-order valence-electron chi connectivity index (χ2n) is 6.51. The van der Waals surface area contributed by atoms with E-state index in [4.69, 9.17) is 23.2 Å². The molecule has 1 aromatic heterocycles. The van der Waals surface area contributed by atoms with Crippen LogP contribution >= 0.6 is 23.2 Å². The van der Waals surface area contributed by atoms with E-state index in [9.17, 15) is 18.0 Å². The highest BCUT2D eigenvalue weighted by Gasteiger charge is 2.23. The van der Waals surface area contributed by atoms with Crippen LogP contribution in [0.4, 0.5) is 5.69 Å². The molecule has 0 unspecified atom stereocenters. The zero-order valence-corrected chi connectivity index (χ0v) is 18.1. The van der Waals surface area contributed by atoms with Gasteiger partial charge in [0.2, 0.25) is 15.9 Å². The molecule has 11 heteroatoms. The number of hydrogen-bond acceptors (Lipinski definition) is 5. The highest BCUT2D eigenvalue weighted by Crippen LogP contribution is 2.28. The molecule has 8 nitrogen and oxygen atoms in total. The van der Waals surface area contributed by atoms with Crippen molar-refractivity contribution in [1.82, 2.24) is 14.1 Å². The molecule has 0 fully saturated rings. The number of nitrogens with zero attached hydrogens (tertiary/aromatic N) is 3. The van der Waals surface area contributed by atoms with E-state index >= 15 is 0 Å². The number of sulfonamides is 1. The quantitative estimate of drug-likeness (QED) is 0.734. The summed E-state index contributed by atoms with van der Waals surface area (Å²) in [6.45, 7) is 3.35. The molecule has 0 spiro atoms. The van der Waals surface area contributed by atoms with E-state index < -0.39 is 28.0 Å². The minimum absolute atomic E-state index is 0.00821. The molecule has 1 heterocycles. The molecule has 0 aliphatic heterocycles. The SMILES string of the molecule is CC(C)c1ccc(NC(=O)Cn2ncc(Cl)c(Cl)c2=O)cc1S(=O)(=O)N(C)C. The summed E-state index contributed by atoms with van der Waals surface area (Å²) in [7, 11) is -0.829. The largest absolute Gasteiger partial charge is 0.324 e. The predicted molar refractivity (Wildman–Crippen MR) is 109 cm³/mol. The fourth-order valence-electron chi connectivity index (χ4n) is 2.40. The van der Waals surface area contributed by atoms with E-state index in [0.29, 0.717) is 5.56 Å². The van der Waals surface area contributed by atoms with E-state index in [-0.39, 0.29) is 26.5 Å². The maximum Gasteiger partial charge on any atom is 0.287 e. The van der Waals surface area contributed by atoms with Gasteiger partial charge < -0.3 is 5.32 Å². The fourth-order valence-corrected chi connectivity index (χ4v) is 3.95. The number of halogens is 2. The highest BCUT2D eigenvalue weighted by molar-refractivity contribution is 7.89. The summed E-state index contributed by atoms with van der Waals surface area (Å²) < 4.78 is 27.2. The lowest BCUT2D eigenvalue weighted by molar-refractivity contribution is -0.117. The zero-order chi connectivity index (χ0) is 21.2. The lowest BCUT2D eigenvalue weighted by Gasteiger charge is -2.18. The third-order valence-corrected chi connectivity index (χ3v) is 6.53. The molecule has 28 heavy (non-hydrogen) atoms. The molecule has 0 bridgehead atoms. The molecular weight excluding hydrogens is 427 g/mol. The first kappa shape index (κ1) is 22.4. The second-order valence-corrected chi connectivity index (χ2v) is 9.42. The van der Waals surface area contributed by atoms with Gasteiger partial charge in [-0.1, -0.05) is 43.1 Å². The number of carbonyl (C=O) groups excluding carboxylic acids is 1. The number of hydrogen-bond donors (Lipinski definition) is 1. The van der Waals surface area contributed by atoms with Gasteiger partial charge in [0.05, 0.1) is 16.1 Å². The van der Waals surface area contributed by atoms with Crippen LogP contribution in [0.3, 0.4) is 0 Å². The Morgan fingerprint density at radius 1 is 1.29 bits per heavy atom. The number of anilines is 1. The maximum absolute atomic E-state index is 12.6. The van der Waals surface area contributed by atoms with Gasteiger partial charge in [-0.15, -0.1) is 0 Å². The van der Waals surface area contributed by atoms with Crippen LogP contribution in [0.25, 0.3) is 0 Å². The first-order chi connectivity index (χ1) is 12.9. The van der Waals surface area contributed by atoms with Gasteiger partial charge in [0.1, 0.15) is 11.6 Å². The Hall–Kier alpha value is -1.94. The third kappa shape index (κ3) is 4.72. The van der Waals surface area contributed by atoms with Crippen molar-refractivity contribution in [1.29, 1.82) is 0 Å². The van der Waals surface area contributed by atoms with Crippen LogP contribution in [0.2, 0.25) is 10.0 Å². The van der Waals surface area contributed by atoms with E-state index in [2.05, 4.69) is 10.4 Å². The summed E-state index contributed by atoms with van der Waals surface area (Å²) in [5.74, 6) is -0.605. The first-order valence-corrected chi connectivity index (χ1v) is 10.4. The molecule has 0 atom stereocenters. The van der Waals surface area contributed by atoms with Gasteiger partial charge in [0.15, 0.2) is 0 Å². The Morgan fingerprint density at radius 2 is 1.93 bits per heavy atom.